The zero-order chi connectivity index (χ0) is 52.2. The third-order valence-electron chi connectivity index (χ3n) is 18.7. The van der Waals surface area contributed by atoms with Crippen LogP contribution in [0.5, 0.6) is 11.5 Å². The molecule has 4 aliphatic rings. The number of nitrogens with zero attached hydrogens (tertiary/aromatic N) is 4. The number of benzene rings is 3. The van der Waals surface area contributed by atoms with E-state index < -0.39 is 6.03 Å². The topological polar surface area (TPSA) is 24.5 Å². The molecule has 398 valence electrons. The maximum Gasteiger partial charge on any atom is 0.705 e. The van der Waals surface area contributed by atoms with Crippen LogP contribution < -0.4 is 9.47 Å². The van der Waals surface area contributed by atoms with E-state index in [1.54, 1.807) is 0 Å². The van der Waals surface area contributed by atoms with Crippen LogP contribution in [0.15, 0.2) is 42.5 Å². The van der Waals surface area contributed by atoms with Gasteiger partial charge in [-0.1, -0.05) is 155 Å². The molecule has 2 fully saturated rings. The van der Waals surface area contributed by atoms with E-state index in [-0.39, 0.29) is 21.9 Å². The lowest BCUT2D eigenvalue weighted by molar-refractivity contribution is -0.928. The van der Waals surface area contributed by atoms with Gasteiger partial charge in [0.15, 0.2) is 23.9 Å². The van der Waals surface area contributed by atoms with E-state index in [0.29, 0.717) is 0 Å². The molecule has 72 heavy (non-hydrogen) atoms. The molecule has 3 unspecified atom stereocenters. The van der Waals surface area contributed by atoms with E-state index in [2.05, 4.69) is 168 Å². The average Bonchev–Trinajstić information content (AvgIpc) is 3.52. The van der Waals surface area contributed by atoms with Crippen molar-refractivity contribution in [2.24, 2.45) is 0 Å². The van der Waals surface area contributed by atoms with E-state index in [4.69, 9.17) is 9.47 Å². The molecule has 0 radical (unpaired) electrons. The maximum atomic E-state index is 7.75. The summed E-state index contributed by atoms with van der Waals surface area (Å²) in [5.41, 5.74) is 11.5. The van der Waals surface area contributed by atoms with Crippen LogP contribution in [0, 0.1) is 6.92 Å². The highest BCUT2D eigenvalue weighted by molar-refractivity contribution is 5.88. The summed E-state index contributed by atoms with van der Waals surface area (Å²) < 4.78 is 23.1. The summed E-state index contributed by atoms with van der Waals surface area (Å²) in [6.07, 6.45) is 27.1. The number of ether oxygens (including phenoxy) is 2. The maximum absolute atomic E-state index is 7.75. The Morgan fingerprint density at radius 2 is 0.944 bits per heavy atom. The summed E-state index contributed by atoms with van der Waals surface area (Å²) >= 11 is 0. The molecule has 6 nitrogen and oxygen atoms in total. The van der Waals surface area contributed by atoms with E-state index >= 15 is 0 Å². The van der Waals surface area contributed by atoms with Crippen molar-refractivity contribution in [1.82, 2.24) is 0 Å². The molecular formula is C66H106N4O2+4. The van der Waals surface area contributed by atoms with E-state index in [9.17, 15) is 0 Å². The molecule has 3 aliphatic heterocycles. The van der Waals surface area contributed by atoms with Gasteiger partial charge >= 0.3 is 6.03 Å². The molecular weight excluding hydrogens is 881 g/mol. The summed E-state index contributed by atoms with van der Waals surface area (Å²) in [4.78, 5) is 0. The molecule has 1 aliphatic carbocycles. The van der Waals surface area contributed by atoms with Crippen molar-refractivity contribution in [3.8, 4) is 22.6 Å². The number of unbranched alkanes of at least 4 members (excludes halogenated alkanes) is 6. The molecule has 6 heteroatoms. The van der Waals surface area contributed by atoms with Gasteiger partial charge in [0.1, 0.15) is 0 Å². The van der Waals surface area contributed by atoms with Gasteiger partial charge in [-0.3, -0.25) is 0 Å². The van der Waals surface area contributed by atoms with Gasteiger partial charge < -0.3 is 18.4 Å². The van der Waals surface area contributed by atoms with E-state index in [1.807, 2.05) is 0 Å². The molecule has 0 bridgehead atoms. The second-order valence-corrected chi connectivity index (χ2v) is 26.2. The lowest BCUT2D eigenvalue weighted by atomic mass is 9.69. The highest BCUT2D eigenvalue weighted by atomic mass is 16.7. The fourth-order valence-electron chi connectivity index (χ4n) is 13.7. The molecule has 0 aromatic heterocycles. The van der Waals surface area contributed by atoms with Crippen LogP contribution in [0.4, 0.5) is 0 Å². The first-order valence-electron chi connectivity index (χ1n) is 30.0. The molecule has 3 heterocycles. The van der Waals surface area contributed by atoms with Gasteiger partial charge in [-0.05, 0) is 121 Å². The first-order chi connectivity index (χ1) is 34.2. The molecule has 3 aromatic carbocycles. The van der Waals surface area contributed by atoms with Crippen molar-refractivity contribution in [2.75, 3.05) is 52.4 Å². The van der Waals surface area contributed by atoms with Gasteiger partial charge in [-0.2, -0.15) is 0 Å². The molecule has 1 spiro atoms. The van der Waals surface area contributed by atoms with Crippen molar-refractivity contribution in [2.45, 2.75) is 247 Å². The molecule has 3 aromatic rings. The lowest BCUT2D eigenvalue weighted by Gasteiger charge is -2.40. The number of fused-ring (bicyclic) bond motifs is 5. The first-order valence-corrected chi connectivity index (χ1v) is 30.0. The zero-order valence-corrected chi connectivity index (χ0v) is 49.2. The van der Waals surface area contributed by atoms with Gasteiger partial charge in [-0.15, -0.1) is 0 Å². The summed E-state index contributed by atoms with van der Waals surface area (Å²) in [6, 6.07) is 16.1. The van der Waals surface area contributed by atoms with Crippen LogP contribution in [0.2, 0.25) is 0 Å². The van der Waals surface area contributed by atoms with Crippen molar-refractivity contribution in [3.05, 3.63) is 81.4 Å². The Balaban J connectivity index is 1.40. The Hall–Kier alpha value is -3.48. The summed E-state index contributed by atoms with van der Waals surface area (Å²) in [5.74, 6) is 1.92. The van der Waals surface area contributed by atoms with Crippen LogP contribution >= 0.6 is 0 Å². The number of hydrogen-bond acceptors (Lipinski definition) is 2. The average molecular weight is 988 g/mol. The summed E-state index contributed by atoms with van der Waals surface area (Å²) in [6.45, 7) is 45.8. The third-order valence-corrected chi connectivity index (χ3v) is 18.7. The monoisotopic (exact) mass is 987 g/mol. The van der Waals surface area contributed by atoms with Crippen molar-refractivity contribution in [3.63, 3.8) is 0 Å². The summed E-state index contributed by atoms with van der Waals surface area (Å²) in [5, 5.41) is 0. The Morgan fingerprint density at radius 3 is 1.35 bits per heavy atom. The summed E-state index contributed by atoms with van der Waals surface area (Å²) in [7, 11) is 0. The Bertz CT molecular complexity index is 2300. The normalized spacial score (nSPS) is 21.7. The van der Waals surface area contributed by atoms with Gasteiger partial charge in [0.25, 0.3) is 0 Å². The second-order valence-electron chi connectivity index (χ2n) is 26.2. The SMILES string of the molecule is CCCC[N+](CCCC)(CCCC)CCc1cccc(CC[N+](CCCC)(CCCC)CCCC)c1-c1cc(C)c2c(c1)C=[N+]1C3(O2)Oc2c(cc(C(C)(C)C)cc2C(C)(C)C)C=[N+]3C2(C)CCCCC12C. The molecule has 1 saturated carbocycles. The molecule has 0 amide bonds. The fourth-order valence-corrected chi connectivity index (χ4v) is 13.7. The largest absolute Gasteiger partial charge is 0.705 e. The van der Waals surface area contributed by atoms with Crippen LogP contribution in [-0.2, 0) is 23.7 Å². The van der Waals surface area contributed by atoms with Crippen molar-refractivity contribution < 1.29 is 27.6 Å². The van der Waals surface area contributed by atoms with E-state index in [0.717, 1.165) is 37.2 Å². The highest BCUT2D eigenvalue weighted by Gasteiger charge is 2.86. The number of quaternary nitrogens is 2. The minimum Gasteiger partial charge on any atom is -0.340 e. The Morgan fingerprint density at radius 1 is 0.528 bits per heavy atom. The van der Waals surface area contributed by atoms with Gasteiger partial charge in [-0.25, -0.2) is 0 Å². The third kappa shape index (κ3) is 11.1. The first kappa shape index (κ1) is 56.3. The van der Waals surface area contributed by atoms with E-state index in [1.165, 1.54) is 201 Å². The van der Waals surface area contributed by atoms with Crippen molar-refractivity contribution >= 4 is 12.4 Å². The van der Waals surface area contributed by atoms with Crippen LogP contribution in [0.1, 0.15) is 239 Å². The lowest BCUT2D eigenvalue weighted by Crippen LogP contribution is -2.61. The van der Waals surface area contributed by atoms with Gasteiger partial charge in [0.05, 0.1) is 63.5 Å². The van der Waals surface area contributed by atoms with Gasteiger partial charge in [0, 0.05) is 45.1 Å². The Labute approximate surface area is 441 Å². The standard InChI is InChI=1S/C66H106N4O2/c1-16-22-37-69(38-23-17-2,39-24-18-3)43-33-52-31-30-32-53(34-44-70(40-25-19-4,41-26-20-5)42-27-21-6)59(52)54-45-51(7)60-55(46-54)49-67-64(14)35-28-29-36-65(64,15)68-50-56-47-57(62(8,9)10)48-58(63(11,12)13)61(56)72-66(67,68)71-60/h30-32,45-50H,16-29,33-44H2,1-15H3/q+4. The quantitative estimate of drug-likeness (QED) is 0.0624. The van der Waals surface area contributed by atoms with Gasteiger partial charge in [0.2, 0.25) is 11.1 Å². The highest BCUT2D eigenvalue weighted by Crippen LogP contribution is 2.56. The van der Waals surface area contributed by atoms with Crippen LogP contribution in [-0.4, -0.2) is 100 Å². The second kappa shape index (κ2) is 22.8. The zero-order valence-electron chi connectivity index (χ0n) is 49.2. The smallest absolute Gasteiger partial charge is 0.340 e. The minimum atomic E-state index is -1.14. The molecule has 7 rings (SSSR count). The predicted molar refractivity (Wildman–Crippen MR) is 307 cm³/mol. The fraction of sp³-hybridized carbons (Fsp3) is 0.697. The minimum absolute atomic E-state index is 0.00247. The number of rotatable bonds is 25. The predicted octanol–water partition coefficient (Wildman–Crippen LogP) is 15.8. The molecule has 3 atom stereocenters. The van der Waals surface area contributed by atoms with Crippen molar-refractivity contribution in [1.29, 1.82) is 0 Å². The number of hydrogen-bond donors (Lipinski definition) is 0. The van der Waals surface area contributed by atoms with Crippen LogP contribution in [0.3, 0.4) is 0 Å². The molecule has 0 N–H and O–H groups in total. The number of aryl methyl sites for hydroxylation is 1. The van der Waals surface area contributed by atoms with Crippen LogP contribution in [0.25, 0.3) is 11.1 Å². The molecule has 1 saturated heterocycles. The Kier molecular flexibility index (Phi) is 17.8.